The van der Waals surface area contributed by atoms with Gasteiger partial charge in [0.2, 0.25) is 5.71 Å². The number of nitrogens with zero attached hydrogens (tertiary/aromatic N) is 2. The van der Waals surface area contributed by atoms with Crippen molar-refractivity contribution >= 4 is 38.8 Å². The molecule has 4 heterocycles. The molecule has 223 valence electrons. The fourth-order valence-electron chi connectivity index (χ4n) is 5.23. The number of hydrogen-bond acceptors (Lipinski definition) is 6. The normalized spacial score (nSPS) is 11.7. The molecule has 0 spiro atoms. The zero-order valence-corrected chi connectivity index (χ0v) is 27.8. The summed E-state index contributed by atoms with van der Waals surface area (Å²) in [6.07, 6.45) is 3.04. The predicted molar refractivity (Wildman–Crippen MR) is 169 cm³/mol. The molecule has 0 fully saturated rings. The summed E-state index contributed by atoms with van der Waals surface area (Å²) in [6.45, 7) is 13.7. The van der Waals surface area contributed by atoms with E-state index in [1.807, 2.05) is 37.4 Å². The Labute approximate surface area is 265 Å². The Balaban J connectivity index is 0.000000475. The molecule has 0 unspecified atom stereocenters. The Kier molecular flexibility index (Phi) is 9.68. The van der Waals surface area contributed by atoms with Gasteiger partial charge in [0.05, 0.1) is 11.3 Å². The second kappa shape index (κ2) is 13.1. The van der Waals surface area contributed by atoms with Crippen LogP contribution in [-0.4, -0.2) is 20.9 Å². The van der Waals surface area contributed by atoms with E-state index in [9.17, 15) is 4.79 Å². The zero-order chi connectivity index (χ0) is 30.1. The topological polar surface area (TPSA) is 89.4 Å². The van der Waals surface area contributed by atoms with Crippen LogP contribution in [0.1, 0.15) is 70.2 Å². The summed E-state index contributed by atoms with van der Waals surface area (Å²) >= 11 is 0. The van der Waals surface area contributed by atoms with Gasteiger partial charge in [0.1, 0.15) is 11.3 Å². The first-order chi connectivity index (χ1) is 20.0. The molecule has 0 amide bonds. The van der Waals surface area contributed by atoms with Gasteiger partial charge in [-0.25, -0.2) is 4.98 Å². The summed E-state index contributed by atoms with van der Waals surface area (Å²) in [4.78, 5) is 19.3. The minimum absolute atomic E-state index is 0. The summed E-state index contributed by atoms with van der Waals surface area (Å²) in [6, 6.07) is 22.0. The maximum atomic E-state index is 10.0. The summed E-state index contributed by atoms with van der Waals surface area (Å²) in [5.74, 6) is 1.61. The number of ketones is 1. The number of carbonyl (C=O) groups excluding carboxylic acids is 1. The Morgan fingerprint density at radius 1 is 0.953 bits per heavy atom. The second-order valence-corrected chi connectivity index (χ2v) is 11.2. The van der Waals surface area contributed by atoms with Gasteiger partial charge < -0.3 is 18.9 Å². The van der Waals surface area contributed by atoms with E-state index in [1.54, 1.807) is 0 Å². The number of aryl methyl sites for hydroxylation is 1. The van der Waals surface area contributed by atoms with Crippen LogP contribution in [0.4, 0.5) is 0 Å². The average molecular weight is 752 g/mol. The molecule has 0 atom stereocenters. The van der Waals surface area contributed by atoms with Gasteiger partial charge in [-0.2, -0.15) is 0 Å². The molecule has 43 heavy (non-hydrogen) atoms. The van der Waals surface area contributed by atoms with Gasteiger partial charge in [0, 0.05) is 54.4 Å². The molecule has 0 aliphatic rings. The van der Waals surface area contributed by atoms with Crippen molar-refractivity contribution in [2.75, 3.05) is 0 Å². The predicted octanol–water partition coefficient (Wildman–Crippen LogP) is 9.85. The van der Waals surface area contributed by atoms with E-state index >= 15 is 0 Å². The van der Waals surface area contributed by atoms with Crippen molar-refractivity contribution in [2.45, 2.75) is 60.3 Å². The molecule has 6 nitrogen and oxygen atoms in total. The molecular weight excluding hydrogens is 717 g/mol. The Morgan fingerprint density at radius 3 is 2.26 bits per heavy atom. The van der Waals surface area contributed by atoms with Crippen LogP contribution in [0.3, 0.4) is 0 Å². The number of aromatic nitrogens is 2. The van der Waals surface area contributed by atoms with Crippen LogP contribution in [-0.2, 0) is 24.9 Å². The fraction of sp³-hybridized carbons (Fsp3) is 0.250. The first-order valence-electron chi connectivity index (χ1n) is 14.1. The summed E-state index contributed by atoms with van der Waals surface area (Å²) < 4.78 is 12.7. The molecule has 1 radical (unpaired) electrons. The molecule has 0 aliphatic heterocycles. The largest absolute Gasteiger partial charge is 0.512 e. The van der Waals surface area contributed by atoms with Crippen LogP contribution in [0.15, 0.2) is 81.5 Å². The first-order valence-corrected chi connectivity index (χ1v) is 14.1. The van der Waals surface area contributed by atoms with Crippen LogP contribution >= 0.6 is 0 Å². The van der Waals surface area contributed by atoms with E-state index in [4.69, 9.17) is 18.9 Å². The number of fused-ring (bicyclic) bond motifs is 4. The maximum Gasteiger partial charge on any atom is 0.216 e. The quantitative estimate of drug-likeness (QED) is 0.107. The molecule has 0 aliphatic carbocycles. The van der Waals surface area contributed by atoms with Gasteiger partial charge >= 0.3 is 0 Å². The second-order valence-electron chi connectivity index (χ2n) is 11.2. The first kappa shape index (κ1) is 31.9. The molecule has 7 heteroatoms. The number of rotatable bonds is 5. The number of hydrogen-bond donors (Lipinski definition) is 1. The number of aliphatic hydroxyl groups excluding tert-OH is 1. The zero-order valence-electron chi connectivity index (χ0n) is 25.4. The van der Waals surface area contributed by atoms with Crippen molar-refractivity contribution in [3.63, 3.8) is 0 Å². The van der Waals surface area contributed by atoms with Gasteiger partial charge in [0.15, 0.2) is 5.78 Å². The van der Waals surface area contributed by atoms with Crippen molar-refractivity contribution < 1.29 is 38.8 Å². The molecule has 6 rings (SSSR count). The van der Waals surface area contributed by atoms with Crippen LogP contribution < -0.4 is 0 Å². The summed E-state index contributed by atoms with van der Waals surface area (Å²) in [7, 11) is 0. The van der Waals surface area contributed by atoms with Crippen molar-refractivity contribution in [1.82, 2.24) is 9.97 Å². The van der Waals surface area contributed by atoms with Crippen LogP contribution in [0.25, 0.3) is 55.6 Å². The van der Waals surface area contributed by atoms with E-state index in [-0.39, 0.29) is 31.6 Å². The van der Waals surface area contributed by atoms with Crippen LogP contribution in [0.5, 0.6) is 0 Å². The van der Waals surface area contributed by atoms with Gasteiger partial charge in [-0.15, -0.1) is 18.2 Å². The Morgan fingerprint density at radius 2 is 1.65 bits per heavy atom. The number of benzene rings is 2. The molecule has 0 bridgehead atoms. The number of pyridine rings is 2. The van der Waals surface area contributed by atoms with E-state index in [0.717, 1.165) is 50.0 Å². The molecule has 2 aromatic carbocycles. The average Bonchev–Trinajstić information content (AvgIpc) is 3.52. The number of allylic oxidation sites excluding steroid dienone is 2. The molecule has 0 saturated heterocycles. The van der Waals surface area contributed by atoms with Crippen molar-refractivity contribution in [2.24, 2.45) is 0 Å². The van der Waals surface area contributed by atoms with Gasteiger partial charge in [-0.05, 0) is 73.7 Å². The van der Waals surface area contributed by atoms with Gasteiger partial charge in [-0.1, -0.05) is 56.8 Å². The van der Waals surface area contributed by atoms with Crippen molar-refractivity contribution in [3.8, 4) is 22.6 Å². The van der Waals surface area contributed by atoms with E-state index in [0.29, 0.717) is 17.5 Å². The minimum Gasteiger partial charge on any atom is -0.512 e. The Hall–Kier alpha value is -4.06. The maximum absolute atomic E-state index is 10.0. The minimum atomic E-state index is -0.125. The monoisotopic (exact) mass is 752 g/mol. The number of aliphatic hydroxyl groups is 1. The molecular formula is C36H35IrN2O4-. The van der Waals surface area contributed by atoms with E-state index in [2.05, 4.69) is 69.1 Å². The fourth-order valence-corrected chi connectivity index (χ4v) is 5.23. The molecule has 4 aromatic heterocycles. The third-order valence-corrected chi connectivity index (χ3v) is 7.13. The summed E-state index contributed by atoms with van der Waals surface area (Å²) in [5, 5.41) is 11.3. The van der Waals surface area contributed by atoms with E-state index < -0.39 is 0 Å². The Bertz CT molecular complexity index is 1930. The third kappa shape index (κ3) is 6.64. The number of carbonyl (C=O) groups is 1. The van der Waals surface area contributed by atoms with Gasteiger partial charge in [0.25, 0.3) is 0 Å². The standard InChI is InChI=1S/C31H27N2O2.C5H8O2.Ir/c1-17(2)21-8-6-9-22(18(3)4)29(21)28-14-20-16-32-26(15-27(20)34-28)25-11-7-10-23-24-13-12-19(5)33-31(24)35-30(23)25;1-4(6)3-5(2)7;/h6-10,12-18H,1-5H3;3,6H,1-2H3;/q-1;;/b;4-3-;. The van der Waals surface area contributed by atoms with Crippen molar-refractivity contribution in [1.29, 1.82) is 0 Å². The van der Waals surface area contributed by atoms with E-state index in [1.165, 1.54) is 36.6 Å². The molecule has 1 N–H and O–H groups in total. The molecule has 6 aromatic rings. The third-order valence-electron chi connectivity index (χ3n) is 7.13. The SMILES string of the molecule is CC(=O)/C=C(/C)O.Cc1ccc2c(n1)oc1c(-c3cc4oc(-c5c(C(C)C)cccc5C(C)C)cc4cn3)[c-]ccc12.[Ir]. The summed E-state index contributed by atoms with van der Waals surface area (Å²) in [5.41, 5.74) is 8.46. The molecule has 0 saturated carbocycles. The number of furan rings is 2. The van der Waals surface area contributed by atoms with Crippen LogP contribution in [0.2, 0.25) is 0 Å². The van der Waals surface area contributed by atoms with Gasteiger partial charge in [-0.3, -0.25) is 4.79 Å². The van der Waals surface area contributed by atoms with Crippen LogP contribution in [0, 0.1) is 13.0 Å². The van der Waals surface area contributed by atoms with Crippen molar-refractivity contribution in [3.05, 3.63) is 95.5 Å². The smallest absolute Gasteiger partial charge is 0.216 e.